The molecule has 0 aliphatic carbocycles. The summed E-state index contributed by atoms with van der Waals surface area (Å²) in [4.78, 5) is 24.9. The van der Waals surface area contributed by atoms with Gasteiger partial charge in [-0.25, -0.2) is 4.79 Å². The fraction of sp³-hybridized carbons (Fsp3) is 0.467. The van der Waals surface area contributed by atoms with Crippen molar-refractivity contribution in [2.75, 3.05) is 43.1 Å². The zero-order valence-electron chi connectivity index (χ0n) is 12.2. The van der Waals surface area contributed by atoms with E-state index in [1.165, 1.54) is 6.92 Å². The van der Waals surface area contributed by atoms with Gasteiger partial charge in [0.15, 0.2) is 0 Å². The average Bonchev–Trinajstić information content (AvgIpc) is 2.48. The van der Waals surface area contributed by atoms with Crippen LogP contribution in [0.25, 0.3) is 0 Å². The number of carbonyl (C=O) groups is 2. The Bertz CT molecular complexity index is 499. The van der Waals surface area contributed by atoms with E-state index >= 15 is 0 Å². The Morgan fingerprint density at radius 2 is 1.95 bits per heavy atom. The summed E-state index contributed by atoms with van der Waals surface area (Å²) in [5, 5.41) is 5.52. The predicted molar refractivity (Wildman–Crippen MR) is 81.8 cm³/mol. The molecule has 1 saturated heterocycles. The lowest BCUT2D eigenvalue weighted by Crippen LogP contribution is -2.37. The SMILES string of the molecule is CC(=O)CCNC(=O)Nc1ccccc1N1CCOCC1. The fourth-order valence-electron chi connectivity index (χ4n) is 2.18. The van der Waals surface area contributed by atoms with Crippen molar-refractivity contribution in [3.05, 3.63) is 24.3 Å². The summed E-state index contributed by atoms with van der Waals surface area (Å²) in [6.07, 6.45) is 0.346. The van der Waals surface area contributed by atoms with E-state index < -0.39 is 0 Å². The van der Waals surface area contributed by atoms with Crippen molar-refractivity contribution in [1.82, 2.24) is 5.32 Å². The normalized spacial score (nSPS) is 14.6. The smallest absolute Gasteiger partial charge is 0.319 e. The lowest BCUT2D eigenvalue weighted by Gasteiger charge is -2.30. The average molecular weight is 291 g/mol. The number of nitrogens with one attached hydrogen (secondary N) is 2. The monoisotopic (exact) mass is 291 g/mol. The first-order chi connectivity index (χ1) is 10.2. The van der Waals surface area contributed by atoms with Crippen molar-refractivity contribution in [2.24, 2.45) is 0 Å². The molecule has 6 heteroatoms. The van der Waals surface area contributed by atoms with Crippen LogP contribution in [0.1, 0.15) is 13.3 Å². The molecule has 0 radical (unpaired) electrons. The number of ether oxygens (including phenoxy) is 1. The molecule has 2 amide bonds. The van der Waals surface area contributed by atoms with Crippen molar-refractivity contribution < 1.29 is 14.3 Å². The highest BCUT2D eigenvalue weighted by Gasteiger charge is 2.15. The number of nitrogens with zero attached hydrogens (tertiary/aromatic N) is 1. The van der Waals surface area contributed by atoms with Gasteiger partial charge in [0.2, 0.25) is 0 Å². The Morgan fingerprint density at radius 1 is 1.24 bits per heavy atom. The number of Topliss-reactive ketones (excluding diaryl/α,β-unsaturated/α-hetero) is 1. The number of anilines is 2. The van der Waals surface area contributed by atoms with Gasteiger partial charge in [0.05, 0.1) is 24.6 Å². The molecule has 21 heavy (non-hydrogen) atoms. The van der Waals surface area contributed by atoms with Gasteiger partial charge in [-0.3, -0.25) is 4.79 Å². The van der Waals surface area contributed by atoms with Gasteiger partial charge in [0.1, 0.15) is 5.78 Å². The van der Waals surface area contributed by atoms with E-state index in [0.29, 0.717) is 26.2 Å². The Morgan fingerprint density at radius 3 is 2.67 bits per heavy atom. The number of morpholine rings is 1. The summed E-state index contributed by atoms with van der Waals surface area (Å²) >= 11 is 0. The zero-order chi connectivity index (χ0) is 15.1. The molecule has 0 aromatic heterocycles. The summed E-state index contributed by atoms with van der Waals surface area (Å²) in [6.45, 7) is 4.86. The van der Waals surface area contributed by atoms with Crippen molar-refractivity contribution in [1.29, 1.82) is 0 Å². The molecule has 0 unspecified atom stereocenters. The van der Waals surface area contributed by atoms with E-state index in [1.54, 1.807) is 0 Å². The number of rotatable bonds is 5. The third kappa shape index (κ3) is 4.75. The van der Waals surface area contributed by atoms with E-state index in [2.05, 4.69) is 15.5 Å². The molecule has 6 nitrogen and oxygen atoms in total. The van der Waals surface area contributed by atoms with E-state index in [-0.39, 0.29) is 11.8 Å². The Hall–Kier alpha value is -2.08. The number of amides is 2. The third-order valence-electron chi connectivity index (χ3n) is 3.27. The predicted octanol–water partition coefficient (Wildman–Crippen LogP) is 1.62. The van der Waals surface area contributed by atoms with Crippen molar-refractivity contribution in [3.63, 3.8) is 0 Å². The maximum absolute atomic E-state index is 11.9. The standard InChI is InChI=1S/C15H21N3O3/c1-12(19)6-7-16-15(20)17-13-4-2-3-5-14(13)18-8-10-21-11-9-18/h2-5H,6-11H2,1H3,(H2,16,17,20). The second-order valence-corrected chi connectivity index (χ2v) is 4.95. The van der Waals surface area contributed by atoms with Crippen LogP contribution < -0.4 is 15.5 Å². The van der Waals surface area contributed by atoms with Gasteiger partial charge in [-0.2, -0.15) is 0 Å². The van der Waals surface area contributed by atoms with E-state index in [1.807, 2.05) is 24.3 Å². The molecule has 2 N–H and O–H groups in total. The fourth-order valence-corrected chi connectivity index (χ4v) is 2.18. The zero-order valence-corrected chi connectivity index (χ0v) is 12.2. The lowest BCUT2D eigenvalue weighted by atomic mass is 10.2. The molecular formula is C15H21N3O3. The van der Waals surface area contributed by atoms with E-state index in [0.717, 1.165) is 24.5 Å². The highest BCUT2D eigenvalue weighted by molar-refractivity contribution is 5.93. The minimum absolute atomic E-state index is 0.0593. The molecule has 2 rings (SSSR count). The molecule has 0 atom stereocenters. The molecular weight excluding hydrogens is 270 g/mol. The molecule has 1 fully saturated rings. The van der Waals surface area contributed by atoms with Crippen molar-refractivity contribution in [3.8, 4) is 0 Å². The highest BCUT2D eigenvalue weighted by atomic mass is 16.5. The van der Waals surface area contributed by atoms with Gasteiger partial charge in [-0.1, -0.05) is 12.1 Å². The number of benzene rings is 1. The van der Waals surface area contributed by atoms with Crippen LogP contribution in [-0.2, 0) is 9.53 Å². The number of carbonyl (C=O) groups excluding carboxylic acids is 2. The van der Waals surface area contributed by atoms with Gasteiger partial charge in [-0.05, 0) is 19.1 Å². The second kappa shape index (κ2) is 7.64. The number of ketones is 1. The number of hydrogen-bond acceptors (Lipinski definition) is 4. The second-order valence-electron chi connectivity index (χ2n) is 4.95. The van der Waals surface area contributed by atoms with Crippen LogP contribution >= 0.6 is 0 Å². The summed E-state index contributed by atoms with van der Waals surface area (Å²) in [6, 6.07) is 7.39. The highest BCUT2D eigenvalue weighted by Crippen LogP contribution is 2.26. The third-order valence-corrected chi connectivity index (χ3v) is 3.27. The Balaban J connectivity index is 1.96. The summed E-state index contributed by atoms with van der Waals surface area (Å²) in [7, 11) is 0. The van der Waals surface area contributed by atoms with Crippen molar-refractivity contribution >= 4 is 23.2 Å². The van der Waals surface area contributed by atoms with Gasteiger partial charge in [-0.15, -0.1) is 0 Å². The summed E-state index contributed by atoms with van der Waals surface area (Å²) < 4.78 is 5.34. The maximum Gasteiger partial charge on any atom is 0.319 e. The molecule has 1 heterocycles. The van der Waals surface area contributed by atoms with Crippen LogP contribution in [0.3, 0.4) is 0 Å². The first kappa shape index (κ1) is 15.3. The van der Waals surface area contributed by atoms with Crippen LogP contribution in [0, 0.1) is 0 Å². The topological polar surface area (TPSA) is 70.7 Å². The molecule has 0 spiro atoms. The molecule has 1 aromatic carbocycles. The molecule has 0 saturated carbocycles. The van der Waals surface area contributed by atoms with Crippen LogP contribution in [-0.4, -0.2) is 44.7 Å². The van der Waals surface area contributed by atoms with Crippen molar-refractivity contribution in [2.45, 2.75) is 13.3 Å². The molecule has 1 aliphatic rings. The number of hydrogen-bond donors (Lipinski definition) is 2. The quantitative estimate of drug-likeness (QED) is 0.865. The Kier molecular flexibility index (Phi) is 5.57. The summed E-state index contributed by atoms with van der Waals surface area (Å²) in [5.41, 5.74) is 1.75. The van der Waals surface area contributed by atoms with E-state index in [9.17, 15) is 9.59 Å². The molecule has 1 aromatic rings. The van der Waals surface area contributed by atoms with Gasteiger partial charge < -0.3 is 20.3 Å². The minimum Gasteiger partial charge on any atom is -0.378 e. The van der Waals surface area contributed by atoms with Crippen LogP contribution in [0.4, 0.5) is 16.2 Å². The molecule has 0 bridgehead atoms. The minimum atomic E-state index is -0.294. The molecule has 1 aliphatic heterocycles. The Labute approximate surface area is 124 Å². The van der Waals surface area contributed by atoms with Gasteiger partial charge in [0, 0.05) is 26.1 Å². The number of urea groups is 1. The first-order valence-electron chi connectivity index (χ1n) is 7.13. The summed E-state index contributed by atoms with van der Waals surface area (Å²) in [5.74, 6) is 0.0593. The van der Waals surface area contributed by atoms with Gasteiger partial charge >= 0.3 is 6.03 Å². The van der Waals surface area contributed by atoms with E-state index in [4.69, 9.17) is 4.74 Å². The van der Waals surface area contributed by atoms with Crippen LogP contribution in [0.5, 0.6) is 0 Å². The van der Waals surface area contributed by atoms with Gasteiger partial charge in [0.25, 0.3) is 0 Å². The first-order valence-corrected chi connectivity index (χ1v) is 7.13. The largest absolute Gasteiger partial charge is 0.378 e. The number of para-hydroxylation sites is 2. The lowest BCUT2D eigenvalue weighted by molar-refractivity contribution is -0.116. The molecule has 114 valence electrons. The maximum atomic E-state index is 11.9. The van der Waals surface area contributed by atoms with Crippen LogP contribution in [0.2, 0.25) is 0 Å². The van der Waals surface area contributed by atoms with Crippen LogP contribution in [0.15, 0.2) is 24.3 Å².